The normalized spacial score (nSPS) is 10.3. The summed E-state index contributed by atoms with van der Waals surface area (Å²) in [6.45, 7) is 0. The van der Waals surface area contributed by atoms with E-state index in [0.29, 0.717) is 39.2 Å². The van der Waals surface area contributed by atoms with Gasteiger partial charge in [-0.25, -0.2) is 0 Å². The third-order valence-electron chi connectivity index (χ3n) is 4.55. The third-order valence-corrected chi connectivity index (χ3v) is 5.78. The van der Waals surface area contributed by atoms with Crippen molar-refractivity contribution in [1.82, 2.24) is 0 Å². The van der Waals surface area contributed by atoms with E-state index in [1.807, 2.05) is 6.07 Å². The Morgan fingerprint density at radius 1 is 0.848 bits per heavy atom. The Balaban J connectivity index is 1.66. The third kappa shape index (κ3) is 6.34. The van der Waals surface area contributed by atoms with Gasteiger partial charge in [-0.15, -0.1) is 11.8 Å². The van der Waals surface area contributed by atoms with Gasteiger partial charge in [0.15, 0.2) is 0 Å². The molecule has 7 nitrogen and oxygen atoms in total. The number of hydrogen-bond acceptors (Lipinski definition) is 6. The molecule has 2 N–H and O–H groups in total. The van der Waals surface area contributed by atoms with Gasteiger partial charge in [0.1, 0.15) is 22.8 Å². The van der Waals surface area contributed by atoms with Crippen molar-refractivity contribution in [1.29, 1.82) is 0 Å². The maximum Gasteiger partial charge on any atom is 0.263 e. The van der Waals surface area contributed by atoms with Crippen LogP contribution < -0.4 is 24.8 Å². The lowest BCUT2D eigenvalue weighted by Crippen LogP contribution is -2.15. The van der Waals surface area contributed by atoms with E-state index >= 15 is 0 Å². The Morgan fingerprint density at radius 2 is 1.52 bits per heavy atom. The molecular weight excluding hydrogens is 464 g/mol. The van der Waals surface area contributed by atoms with E-state index in [9.17, 15) is 9.59 Å². The van der Waals surface area contributed by atoms with E-state index in [1.54, 1.807) is 54.6 Å². The van der Waals surface area contributed by atoms with Gasteiger partial charge in [-0.1, -0.05) is 23.7 Å². The van der Waals surface area contributed by atoms with Crippen molar-refractivity contribution >= 4 is 46.6 Å². The average Bonchev–Trinajstić information content (AvgIpc) is 2.82. The summed E-state index contributed by atoms with van der Waals surface area (Å²) in [6, 6.07) is 17.3. The first kappa shape index (κ1) is 24.3. The number of anilines is 2. The average molecular weight is 487 g/mol. The molecule has 0 unspecified atom stereocenters. The molecule has 0 atom stereocenters. The summed E-state index contributed by atoms with van der Waals surface area (Å²) in [6.07, 6.45) is 0. The quantitative estimate of drug-likeness (QED) is 0.396. The molecule has 3 aromatic rings. The zero-order valence-electron chi connectivity index (χ0n) is 18.3. The van der Waals surface area contributed by atoms with Crippen LogP contribution >= 0.6 is 23.4 Å². The number of nitrogens with one attached hydrogen (secondary N) is 2. The van der Waals surface area contributed by atoms with Crippen LogP contribution in [0.3, 0.4) is 0 Å². The Hall–Kier alpha value is -3.36. The number of hydrogen-bond donors (Lipinski definition) is 2. The lowest BCUT2D eigenvalue weighted by Gasteiger charge is -2.13. The topological polar surface area (TPSA) is 85.9 Å². The summed E-state index contributed by atoms with van der Waals surface area (Å²) in [5.41, 5.74) is 1.38. The number of ether oxygens (including phenoxy) is 3. The number of halogens is 1. The number of benzene rings is 3. The second-order valence-corrected chi connectivity index (χ2v) is 8.19. The van der Waals surface area contributed by atoms with Gasteiger partial charge in [0.25, 0.3) is 5.91 Å². The summed E-state index contributed by atoms with van der Waals surface area (Å²) >= 11 is 7.34. The van der Waals surface area contributed by atoms with E-state index in [2.05, 4.69) is 10.6 Å². The van der Waals surface area contributed by atoms with Crippen molar-refractivity contribution in [3.05, 3.63) is 71.2 Å². The highest BCUT2D eigenvalue weighted by molar-refractivity contribution is 8.00. The molecule has 9 heteroatoms. The molecule has 0 aliphatic carbocycles. The molecule has 0 aliphatic rings. The summed E-state index contributed by atoms with van der Waals surface area (Å²) in [7, 11) is 4.51. The Labute approximate surface area is 201 Å². The van der Waals surface area contributed by atoms with Gasteiger partial charge in [-0.2, -0.15) is 0 Å². The highest BCUT2D eigenvalue weighted by Crippen LogP contribution is 2.30. The van der Waals surface area contributed by atoms with Crippen LogP contribution in [0.5, 0.6) is 17.2 Å². The molecule has 0 bridgehead atoms. The van der Waals surface area contributed by atoms with Crippen LogP contribution in [0.4, 0.5) is 11.4 Å². The number of carbonyl (C=O) groups is 2. The molecule has 0 saturated carbocycles. The summed E-state index contributed by atoms with van der Waals surface area (Å²) in [5, 5.41) is 6.15. The van der Waals surface area contributed by atoms with Gasteiger partial charge in [-0.3, -0.25) is 9.59 Å². The van der Waals surface area contributed by atoms with Crippen molar-refractivity contribution < 1.29 is 23.8 Å². The van der Waals surface area contributed by atoms with Gasteiger partial charge in [0, 0.05) is 15.6 Å². The predicted molar refractivity (Wildman–Crippen MR) is 131 cm³/mol. The Bertz CT molecular complexity index is 1130. The van der Waals surface area contributed by atoms with Crippen LogP contribution in [0.2, 0.25) is 5.02 Å². The monoisotopic (exact) mass is 486 g/mol. The van der Waals surface area contributed by atoms with Crippen molar-refractivity contribution in [2.75, 3.05) is 37.7 Å². The molecule has 0 aromatic heterocycles. The minimum absolute atomic E-state index is 0.160. The zero-order chi connectivity index (χ0) is 23.8. The van der Waals surface area contributed by atoms with Crippen molar-refractivity contribution in [3.63, 3.8) is 0 Å². The largest absolute Gasteiger partial charge is 0.496 e. The molecule has 0 aliphatic heterocycles. The van der Waals surface area contributed by atoms with Crippen LogP contribution in [-0.2, 0) is 4.79 Å². The number of rotatable bonds is 9. The minimum atomic E-state index is -0.364. The van der Waals surface area contributed by atoms with E-state index in [4.69, 9.17) is 25.8 Å². The van der Waals surface area contributed by atoms with Gasteiger partial charge < -0.3 is 24.8 Å². The first-order valence-electron chi connectivity index (χ1n) is 9.83. The summed E-state index contributed by atoms with van der Waals surface area (Å²) < 4.78 is 15.9. The number of amides is 2. The van der Waals surface area contributed by atoms with Crippen LogP contribution in [0.25, 0.3) is 0 Å². The minimum Gasteiger partial charge on any atom is -0.496 e. The van der Waals surface area contributed by atoms with E-state index in [0.717, 1.165) is 4.90 Å². The Kier molecular flexibility index (Phi) is 8.46. The maximum atomic E-state index is 12.9. The van der Waals surface area contributed by atoms with E-state index < -0.39 is 0 Å². The summed E-state index contributed by atoms with van der Waals surface area (Å²) in [4.78, 5) is 26.1. The fraction of sp³-hybridized carbons (Fsp3) is 0.167. The first-order chi connectivity index (χ1) is 15.9. The SMILES string of the molecule is COc1ccc(Cl)cc1NC(=O)CSc1cccc(NC(=O)c2c(OC)cccc2OC)c1. The second-order valence-electron chi connectivity index (χ2n) is 6.70. The predicted octanol–water partition coefficient (Wildman–Crippen LogP) is 5.35. The van der Waals surface area contributed by atoms with Gasteiger partial charge in [-0.05, 0) is 48.5 Å². The molecule has 0 heterocycles. The molecule has 3 rings (SSSR count). The summed E-state index contributed by atoms with van der Waals surface area (Å²) in [5.74, 6) is 0.921. The molecule has 2 amide bonds. The molecule has 0 saturated heterocycles. The van der Waals surface area contributed by atoms with Crippen molar-refractivity contribution in [2.45, 2.75) is 4.90 Å². The number of methoxy groups -OCH3 is 3. The second kappa shape index (κ2) is 11.5. The maximum absolute atomic E-state index is 12.9. The lowest BCUT2D eigenvalue weighted by atomic mass is 10.1. The van der Waals surface area contributed by atoms with Gasteiger partial charge >= 0.3 is 0 Å². The highest BCUT2D eigenvalue weighted by Gasteiger charge is 2.18. The zero-order valence-corrected chi connectivity index (χ0v) is 19.9. The molecule has 0 spiro atoms. The fourth-order valence-corrected chi connectivity index (χ4v) is 3.97. The van der Waals surface area contributed by atoms with Gasteiger partial charge in [0.05, 0.1) is 32.8 Å². The molecule has 0 fully saturated rings. The molecule has 0 radical (unpaired) electrons. The van der Waals surface area contributed by atoms with Crippen LogP contribution in [0.15, 0.2) is 65.6 Å². The molecule has 3 aromatic carbocycles. The van der Waals surface area contributed by atoms with E-state index in [-0.39, 0.29) is 17.6 Å². The number of carbonyl (C=O) groups excluding carboxylic acids is 2. The smallest absolute Gasteiger partial charge is 0.263 e. The van der Waals surface area contributed by atoms with Crippen LogP contribution in [0.1, 0.15) is 10.4 Å². The number of thioether (sulfide) groups is 1. The van der Waals surface area contributed by atoms with Crippen molar-refractivity contribution in [2.24, 2.45) is 0 Å². The highest BCUT2D eigenvalue weighted by atomic mass is 35.5. The molecule has 172 valence electrons. The molecular formula is C24H23ClN2O5S. The Morgan fingerprint density at radius 3 is 2.18 bits per heavy atom. The van der Waals surface area contributed by atoms with Gasteiger partial charge in [0.2, 0.25) is 5.91 Å². The fourth-order valence-electron chi connectivity index (χ4n) is 3.05. The molecule has 33 heavy (non-hydrogen) atoms. The first-order valence-corrected chi connectivity index (χ1v) is 11.2. The van der Waals surface area contributed by atoms with Crippen LogP contribution in [0, 0.1) is 0 Å². The lowest BCUT2D eigenvalue weighted by molar-refractivity contribution is -0.113. The standard InChI is InChI=1S/C24H23ClN2O5S/c1-30-19-11-10-15(25)12-18(19)27-22(28)14-33-17-7-4-6-16(13-17)26-24(29)23-20(31-2)8-5-9-21(23)32-3/h4-13H,14H2,1-3H3,(H,26,29)(H,27,28). The van der Waals surface area contributed by atoms with Crippen molar-refractivity contribution in [3.8, 4) is 17.2 Å². The van der Waals surface area contributed by atoms with Crippen LogP contribution in [-0.4, -0.2) is 38.9 Å². The van der Waals surface area contributed by atoms with E-state index in [1.165, 1.54) is 33.1 Å².